The van der Waals surface area contributed by atoms with E-state index >= 15 is 0 Å². The minimum absolute atomic E-state index is 0.0573. The highest BCUT2D eigenvalue weighted by atomic mass is 32.2. The number of halogens is 3. The maximum Gasteiger partial charge on any atom is 0.525 e. The second kappa shape index (κ2) is 9.16. The lowest BCUT2D eigenvalue weighted by Gasteiger charge is -2.25. The third kappa shape index (κ3) is 4.91. The van der Waals surface area contributed by atoms with Gasteiger partial charge in [0.1, 0.15) is 0 Å². The van der Waals surface area contributed by atoms with Crippen LogP contribution >= 0.6 is 0 Å². The van der Waals surface area contributed by atoms with Gasteiger partial charge in [-0.15, -0.1) is 9.35 Å². The van der Waals surface area contributed by atoms with E-state index < -0.39 is 44.1 Å². The molecule has 0 saturated carbocycles. The van der Waals surface area contributed by atoms with Crippen molar-refractivity contribution in [1.82, 2.24) is 5.06 Å². The lowest BCUT2D eigenvalue weighted by Crippen LogP contribution is -2.44. The summed E-state index contributed by atoms with van der Waals surface area (Å²) in [6.07, 6.45) is 2.09. The van der Waals surface area contributed by atoms with Crippen LogP contribution in [-0.4, -0.2) is 42.4 Å². The first-order valence-electron chi connectivity index (χ1n) is 10.1. The average Bonchev–Trinajstić information content (AvgIpc) is 2.78. The highest BCUT2D eigenvalue weighted by Gasteiger charge is 2.51. The van der Waals surface area contributed by atoms with Crippen LogP contribution in [0.2, 0.25) is 0 Å². The van der Waals surface area contributed by atoms with E-state index in [1.165, 1.54) is 43.3 Å². The SMILES string of the molecule is C=CC(C)(C#Cc1ccc2c3c(cccc13)C(=O)N(OS(=O)(=O)C(F)(F)F)C2=O)OC(=O)CCC. The monoisotopic (exact) mass is 509 g/mol. The van der Waals surface area contributed by atoms with E-state index in [2.05, 4.69) is 22.7 Å². The summed E-state index contributed by atoms with van der Waals surface area (Å²) in [6.45, 7) is 6.96. The maximum atomic E-state index is 12.7. The van der Waals surface area contributed by atoms with Crippen molar-refractivity contribution in [1.29, 1.82) is 0 Å². The first-order valence-corrected chi connectivity index (χ1v) is 11.5. The molecule has 3 rings (SSSR count). The van der Waals surface area contributed by atoms with Gasteiger partial charge in [0, 0.05) is 17.4 Å². The molecule has 0 aromatic heterocycles. The van der Waals surface area contributed by atoms with Crippen LogP contribution in [0.15, 0.2) is 43.0 Å². The number of carbonyl (C=O) groups is 3. The molecule has 35 heavy (non-hydrogen) atoms. The zero-order chi connectivity index (χ0) is 26.2. The summed E-state index contributed by atoms with van der Waals surface area (Å²) in [5.41, 5.74) is -7.41. The van der Waals surface area contributed by atoms with Crippen LogP contribution in [0.4, 0.5) is 13.2 Å². The molecule has 1 atom stereocenters. The van der Waals surface area contributed by atoms with Crippen molar-refractivity contribution in [2.24, 2.45) is 0 Å². The van der Waals surface area contributed by atoms with E-state index in [-0.39, 0.29) is 22.9 Å². The summed E-state index contributed by atoms with van der Waals surface area (Å²) in [5, 5.41) is -0.0894. The standard InChI is InChI=1S/C23H18F3NO7S/c1-4-7-18(28)33-22(3,5-2)13-12-14-10-11-17-19-15(14)8-6-9-16(19)20(29)27(21(17)30)34-35(31,32)23(24,25)26/h5-6,8-11H,2,4,7H2,1,3H3. The highest BCUT2D eigenvalue weighted by Crippen LogP contribution is 2.34. The Morgan fingerprint density at radius 3 is 2.34 bits per heavy atom. The summed E-state index contributed by atoms with van der Waals surface area (Å²) in [7, 11) is -6.27. The number of hydroxylamine groups is 2. The molecule has 0 N–H and O–H groups in total. The van der Waals surface area contributed by atoms with Crippen molar-refractivity contribution in [2.75, 3.05) is 0 Å². The molecule has 1 aliphatic rings. The van der Waals surface area contributed by atoms with Gasteiger partial charge in [0.25, 0.3) is 11.8 Å². The molecule has 184 valence electrons. The lowest BCUT2D eigenvalue weighted by molar-refractivity contribution is -0.149. The summed E-state index contributed by atoms with van der Waals surface area (Å²) in [6, 6.07) is 6.63. The Balaban J connectivity index is 2.08. The van der Waals surface area contributed by atoms with Crippen LogP contribution in [0.1, 0.15) is 53.0 Å². The molecule has 2 amide bonds. The number of benzene rings is 2. The summed E-state index contributed by atoms with van der Waals surface area (Å²) in [4.78, 5) is 37.3. The summed E-state index contributed by atoms with van der Waals surface area (Å²) >= 11 is 0. The fourth-order valence-corrected chi connectivity index (χ4v) is 3.61. The van der Waals surface area contributed by atoms with Crippen LogP contribution in [0.3, 0.4) is 0 Å². The zero-order valence-corrected chi connectivity index (χ0v) is 19.2. The number of imide groups is 1. The number of hydrogen-bond acceptors (Lipinski definition) is 7. The molecule has 8 nitrogen and oxygen atoms in total. The van der Waals surface area contributed by atoms with Crippen molar-refractivity contribution in [3.63, 3.8) is 0 Å². The van der Waals surface area contributed by atoms with E-state index in [1.807, 2.05) is 0 Å². The van der Waals surface area contributed by atoms with Crippen LogP contribution in [0.25, 0.3) is 10.8 Å². The predicted octanol–water partition coefficient (Wildman–Crippen LogP) is 3.86. The van der Waals surface area contributed by atoms with Crippen LogP contribution in [0.5, 0.6) is 0 Å². The van der Waals surface area contributed by atoms with E-state index in [4.69, 9.17) is 4.74 Å². The Kier molecular flexibility index (Phi) is 6.79. The number of carbonyl (C=O) groups excluding carboxylic acids is 3. The normalized spacial score (nSPS) is 15.3. The van der Waals surface area contributed by atoms with Gasteiger partial charge in [0.2, 0.25) is 0 Å². The van der Waals surface area contributed by atoms with Gasteiger partial charge in [-0.25, -0.2) is 0 Å². The minimum atomic E-state index is -6.27. The van der Waals surface area contributed by atoms with Crippen LogP contribution in [0, 0.1) is 11.8 Å². The van der Waals surface area contributed by atoms with Crippen molar-refractivity contribution >= 4 is 38.7 Å². The lowest BCUT2D eigenvalue weighted by atomic mass is 9.92. The van der Waals surface area contributed by atoms with Crippen molar-refractivity contribution in [3.8, 4) is 11.8 Å². The molecule has 2 aromatic carbocycles. The van der Waals surface area contributed by atoms with Gasteiger partial charge in [-0.2, -0.15) is 21.6 Å². The first kappa shape index (κ1) is 25.9. The molecule has 1 aliphatic heterocycles. The molecule has 0 spiro atoms. The van der Waals surface area contributed by atoms with Gasteiger partial charge < -0.3 is 4.74 Å². The van der Waals surface area contributed by atoms with E-state index in [0.717, 1.165) is 0 Å². The number of amides is 2. The third-order valence-corrected chi connectivity index (χ3v) is 5.85. The Labute approximate surface area is 198 Å². The fourth-order valence-electron chi connectivity index (χ4n) is 3.19. The first-order chi connectivity index (χ1) is 16.2. The zero-order valence-electron chi connectivity index (χ0n) is 18.4. The van der Waals surface area contributed by atoms with Gasteiger partial charge in [-0.3, -0.25) is 14.4 Å². The second-order valence-electron chi connectivity index (χ2n) is 7.55. The van der Waals surface area contributed by atoms with Gasteiger partial charge in [-0.05, 0) is 48.9 Å². The molecular formula is C23H18F3NO7S. The quantitative estimate of drug-likeness (QED) is 0.191. The van der Waals surface area contributed by atoms with Gasteiger partial charge in [0.05, 0.1) is 11.1 Å². The largest absolute Gasteiger partial charge is 0.525 e. The van der Waals surface area contributed by atoms with Crippen molar-refractivity contribution < 1.29 is 45.0 Å². The van der Waals surface area contributed by atoms with Gasteiger partial charge >= 0.3 is 21.6 Å². The molecule has 1 unspecified atom stereocenters. The number of rotatable bonds is 6. The topological polar surface area (TPSA) is 107 Å². The third-order valence-electron chi connectivity index (χ3n) is 4.94. The number of alkyl halides is 3. The van der Waals surface area contributed by atoms with E-state index in [9.17, 15) is 36.0 Å². The number of esters is 1. The molecule has 0 saturated heterocycles. The predicted molar refractivity (Wildman–Crippen MR) is 117 cm³/mol. The van der Waals surface area contributed by atoms with Crippen molar-refractivity contribution in [3.05, 3.63) is 59.7 Å². The molecule has 1 heterocycles. The molecule has 12 heteroatoms. The second-order valence-corrected chi connectivity index (χ2v) is 9.07. The molecule has 2 aromatic rings. The van der Waals surface area contributed by atoms with Gasteiger partial charge in [-0.1, -0.05) is 31.6 Å². The number of hydrogen-bond donors (Lipinski definition) is 0. The number of nitrogens with zero attached hydrogens (tertiary/aromatic N) is 1. The summed E-state index contributed by atoms with van der Waals surface area (Å²) in [5.74, 6) is 2.33. The molecule has 0 aliphatic carbocycles. The van der Waals surface area contributed by atoms with Crippen molar-refractivity contribution in [2.45, 2.75) is 37.8 Å². The maximum absolute atomic E-state index is 12.7. The molecular weight excluding hydrogens is 491 g/mol. The summed E-state index contributed by atoms with van der Waals surface area (Å²) < 4.78 is 70.2. The Morgan fingerprint density at radius 2 is 1.77 bits per heavy atom. The number of ether oxygens (including phenoxy) is 1. The minimum Gasteiger partial charge on any atom is -0.442 e. The van der Waals surface area contributed by atoms with Crippen LogP contribution in [-0.2, 0) is 23.9 Å². The smallest absolute Gasteiger partial charge is 0.442 e. The van der Waals surface area contributed by atoms with E-state index in [1.54, 1.807) is 6.92 Å². The fraction of sp³-hybridized carbons (Fsp3) is 0.261. The Bertz CT molecular complexity index is 1400. The Hall–Kier alpha value is -3.69. The Morgan fingerprint density at radius 1 is 1.14 bits per heavy atom. The van der Waals surface area contributed by atoms with E-state index in [0.29, 0.717) is 17.4 Å². The highest BCUT2D eigenvalue weighted by molar-refractivity contribution is 7.87. The van der Waals surface area contributed by atoms with Gasteiger partial charge in [0.15, 0.2) is 5.60 Å². The van der Waals surface area contributed by atoms with Crippen LogP contribution < -0.4 is 0 Å². The molecule has 0 radical (unpaired) electrons. The molecule has 0 bridgehead atoms. The molecule has 0 fully saturated rings. The average molecular weight is 509 g/mol.